The molecule has 1 atom stereocenters. The molecule has 4 rings (SSSR count). The molecule has 3 aromatic carbocycles. The van der Waals surface area contributed by atoms with Crippen LogP contribution in [0, 0.1) is 6.92 Å². The highest BCUT2D eigenvalue weighted by Gasteiger charge is 2.20. The first-order valence-corrected chi connectivity index (χ1v) is 11.4. The highest BCUT2D eigenvalue weighted by Crippen LogP contribution is 2.23. The van der Waals surface area contributed by atoms with Crippen LogP contribution in [0.5, 0.6) is 0 Å². The van der Waals surface area contributed by atoms with E-state index in [-0.39, 0.29) is 6.17 Å². The maximum Gasteiger partial charge on any atom is 0.169 e. The van der Waals surface area contributed by atoms with Crippen LogP contribution in [0.4, 0.5) is 0 Å². The summed E-state index contributed by atoms with van der Waals surface area (Å²) in [7, 11) is 0. The van der Waals surface area contributed by atoms with Crippen LogP contribution in [-0.4, -0.2) is 11.7 Å². The zero-order valence-corrected chi connectivity index (χ0v) is 20.1. The minimum absolute atomic E-state index is 0.242. The van der Waals surface area contributed by atoms with Crippen LogP contribution in [0.2, 0.25) is 0 Å². The topological polar surface area (TPSA) is 36.8 Å². The Labute approximate surface area is 189 Å². The average molecular weight is 416 g/mol. The van der Waals surface area contributed by atoms with Gasteiger partial charge in [-0.1, -0.05) is 132 Å². The minimum Gasteiger partial charge on any atom is -0.324 e. The number of aliphatic imine (C=N–C) groups is 2. The third-order valence-corrected chi connectivity index (χ3v) is 4.21. The number of hydrogen-bond acceptors (Lipinski definition) is 3. The maximum atomic E-state index is 4.85. The van der Waals surface area contributed by atoms with Crippen molar-refractivity contribution in [2.24, 2.45) is 9.98 Å². The van der Waals surface area contributed by atoms with Gasteiger partial charge in [0.15, 0.2) is 6.17 Å². The van der Waals surface area contributed by atoms with Gasteiger partial charge in [-0.05, 0) is 12.5 Å². The van der Waals surface area contributed by atoms with Gasteiger partial charge >= 0.3 is 0 Å². The zero-order chi connectivity index (χ0) is 23.1. The van der Waals surface area contributed by atoms with Gasteiger partial charge < -0.3 is 5.32 Å². The van der Waals surface area contributed by atoms with Crippen molar-refractivity contribution in [3.8, 4) is 0 Å². The van der Waals surface area contributed by atoms with E-state index >= 15 is 0 Å². The average Bonchev–Trinajstić information content (AvgIpc) is 2.89. The second-order valence-corrected chi connectivity index (χ2v) is 6.10. The number of nitrogens with zero attached hydrogens (tertiary/aromatic N) is 2. The first-order valence-electron chi connectivity index (χ1n) is 11.4. The standard InChI is InChI=1S/C22H19N3.3C2H6/c1-16-12-14-19(15-13-16)22-24-20(17-8-4-2-5-9-17)23-21(25-22)18-10-6-3-7-11-18;3*1-2/h2-15,20H,1H3,(H,23,24,25);3*1-2H3. The Morgan fingerprint density at radius 2 is 0.968 bits per heavy atom. The lowest BCUT2D eigenvalue weighted by Gasteiger charge is -2.22. The summed E-state index contributed by atoms with van der Waals surface area (Å²) in [6, 6.07) is 28.8. The van der Waals surface area contributed by atoms with Crippen LogP contribution < -0.4 is 5.32 Å². The molecule has 1 heterocycles. The van der Waals surface area contributed by atoms with Gasteiger partial charge in [-0.15, -0.1) is 0 Å². The van der Waals surface area contributed by atoms with E-state index in [9.17, 15) is 0 Å². The molecule has 0 saturated carbocycles. The molecule has 3 aromatic rings. The first kappa shape index (κ1) is 25.8. The van der Waals surface area contributed by atoms with Crippen molar-refractivity contribution in [1.82, 2.24) is 5.32 Å². The van der Waals surface area contributed by atoms with E-state index < -0.39 is 0 Å². The van der Waals surface area contributed by atoms with Gasteiger partial charge in [-0.25, -0.2) is 9.98 Å². The quantitative estimate of drug-likeness (QED) is 0.470. The third-order valence-electron chi connectivity index (χ3n) is 4.21. The lowest BCUT2D eigenvalue weighted by molar-refractivity contribution is 0.756. The lowest BCUT2D eigenvalue weighted by atomic mass is 10.1. The number of rotatable bonds is 3. The molecule has 3 heteroatoms. The molecule has 0 spiro atoms. The molecule has 0 fully saturated rings. The van der Waals surface area contributed by atoms with E-state index in [0.29, 0.717) is 0 Å². The van der Waals surface area contributed by atoms with Crippen LogP contribution >= 0.6 is 0 Å². The van der Waals surface area contributed by atoms with E-state index in [4.69, 9.17) is 9.98 Å². The van der Waals surface area contributed by atoms with Gasteiger partial charge in [0.2, 0.25) is 0 Å². The van der Waals surface area contributed by atoms with Crippen molar-refractivity contribution >= 4 is 11.7 Å². The highest BCUT2D eigenvalue weighted by atomic mass is 15.2. The molecule has 0 aromatic heterocycles. The smallest absolute Gasteiger partial charge is 0.169 e. The normalized spacial score (nSPS) is 14.0. The molecule has 164 valence electrons. The molecule has 1 aliphatic rings. The monoisotopic (exact) mass is 415 g/mol. The third kappa shape index (κ3) is 7.53. The Hall–Kier alpha value is -3.20. The summed E-state index contributed by atoms with van der Waals surface area (Å²) in [4.78, 5) is 9.68. The van der Waals surface area contributed by atoms with Crippen LogP contribution in [-0.2, 0) is 0 Å². The predicted molar refractivity (Wildman–Crippen MR) is 137 cm³/mol. The van der Waals surface area contributed by atoms with Crippen LogP contribution in [0.25, 0.3) is 0 Å². The number of hydrogen-bond donors (Lipinski definition) is 1. The lowest BCUT2D eigenvalue weighted by Crippen LogP contribution is -2.36. The fourth-order valence-electron chi connectivity index (χ4n) is 2.83. The van der Waals surface area contributed by atoms with Gasteiger partial charge in [-0.2, -0.15) is 0 Å². The molecule has 1 N–H and O–H groups in total. The molecular formula is C28H37N3. The van der Waals surface area contributed by atoms with Gasteiger partial charge in [0.05, 0.1) is 0 Å². The molecular weight excluding hydrogens is 378 g/mol. The second-order valence-electron chi connectivity index (χ2n) is 6.10. The highest BCUT2D eigenvalue weighted by molar-refractivity contribution is 6.15. The Bertz CT molecular complexity index is 911. The van der Waals surface area contributed by atoms with Crippen LogP contribution in [0.3, 0.4) is 0 Å². The summed E-state index contributed by atoms with van der Waals surface area (Å²) in [5.74, 6) is 1.70. The molecule has 0 bridgehead atoms. The van der Waals surface area contributed by atoms with Crippen molar-refractivity contribution in [3.05, 3.63) is 107 Å². The van der Waals surface area contributed by atoms with Gasteiger partial charge in [0, 0.05) is 11.1 Å². The molecule has 1 aliphatic heterocycles. The van der Waals surface area contributed by atoms with E-state index in [1.54, 1.807) is 0 Å². The Morgan fingerprint density at radius 3 is 1.45 bits per heavy atom. The van der Waals surface area contributed by atoms with Crippen molar-refractivity contribution in [3.63, 3.8) is 0 Å². The number of nitrogens with one attached hydrogen (secondary N) is 1. The molecule has 0 saturated heterocycles. The molecule has 0 amide bonds. The number of benzene rings is 3. The first-order chi connectivity index (χ1) is 15.3. The zero-order valence-electron chi connectivity index (χ0n) is 20.1. The fraction of sp³-hybridized carbons (Fsp3) is 0.286. The Kier molecular flexibility index (Phi) is 12.3. The molecule has 1 unspecified atom stereocenters. The van der Waals surface area contributed by atoms with E-state index in [0.717, 1.165) is 28.4 Å². The molecule has 0 aliphatic carbocycles. The summed E-state index contributed by atoms with van der Waals surface area (Å²) in [6.45, 7) is 14.1. The van der Waals surface area contributed by atoms with Crippen molar-refractivity contribution in [1.29, 1.82) is 0 Å². The summed E-state index contributed by atoms with van der Waals surface area (Å²) >= 11 is 0. The second kappa shape index (κ2) is 14.7. The van der Waals surface area contributed by atoms with Crippen molar-refractivity contribution < 1.29 is 0 Å². The fourth-order valence-corrected chi connectivity index (χ4v) is 2.83. The Morgan fingerprint density at radius 1 is 0.548 bits per heavy atom. The summed E-state index contributed by atoms with van der Waals surface area (Å²) in [5.41, 5.74) is 4.44. The Balaban J connectivity index is 0.000000739. The number of aryl methyl sites for hydroxylation is 1. The molecule has 31 heavy (non-hydrogen) atoms. The van der Waals surface area contributed by atoms with Gasteiger partial charge in [-0.3, -0.25) is 0 Å². The number of amidine groups is 2. The van der Waals surface area contributed by atoms with Crippen molar-refractivity contribution in [2.75, 3.05) is 0 Å². The summed E-state index contributed by atoms with van der Waals surface area (Å²) in [5, 5.41) is 3.41. The van der Waals surface area contributed by atoms with Crippen molar-refractivity contribution in [2.45, 2.75) is 54.6 Å². The largest absolute Gasteiger partial charge is 0.324 e. The van der Waals surface area contributed by atoms with Gasteiger partial charge in [0.25, 0.3) is 0 Å². The molecule has 0 radical (unpaired) electrons. The summed E-state index contributed by atoms with van der Waals surface area (Å²) in [6.07, 6.45) is -0.242. The molecule has 3 nitrogen and oxygen atoms in total. The van der Waals surface area contributed by atoms with E-state index in [1.165, 1.54) is 5.56 Å². The summed E-state index contributed by atoms with van der Waals surface area (Å²) < 4.78 is 0. The van der Waals surface area contributed by atoms with Crippen LogP contribution in [0.1, 0.15) is 70.0 Å². The minimum atomic E-state index is -0.242. The SMILES string of the molecule is CC.CC.CC.Cc1ccc(C2=NC(c3ccccc3)N=C(c3ccccc3)N2)cc1. The predicted octanol–water partition coefficient (Wildman–Crippen LogP) is 7.57. The maximum absolute atomic E-state index is 4.85. The van der Waals surface area contributed by atoms with E-state index in [1.807, 2.05) is 77.9 Å². The van der Waals surface area contributed by atoms with E-state index in [2.05, 4.69) is 60.8 Å². The van der Waals surface area contributed by atoms with Gasteiger partial charge in [0.1, 0.15) is 11.7 Å². The van der Waals surface area contributed by atoms with Crippen LogP contribution in [0.15, 0.2) is 94.9 Å².